The van der Waals surface area contributed by atoms with E-state index in [0.29, 0.717) is 5.56 Å². The SMILES string of the molecule is CCOC(=O)C(Cc1ccc(F)cc1)(OCC1CC(F)C(n2cnc3c(N)nc(Cl)nc32)O1)C(=O)OCC. The number of aromatic nitrogens is 4. The highest BCUT2D eigenvalue weighted by Crippen LogP contribution is 2.35. The monoisotopic (exact) mass is 553 g/mol. The van der Waals surface area contributed by atoms with E-state index in [1.54, 1.807) is 13.8 Å². The Morgan fingerprint density at radius 2 is 1.84 bits per heavy atom. The molecule has 2 aromatic heterocycles. The minimum absolute atomic E-state index is 0.0292. The number of imidazole rings is 1. The number of hydrogen-bond donors (Lipinski definition) is 1. The van der Waals surface area contributed by atoms with E-state index in [2.05, 4.69) is 15.0 Å². The molecule has 0 radical (unpaired) electrons. The third-order valence-corrected chi connectivity index (χ3v) is 6.09. The summed E-state index contributed by atoms with van der Waals surface area (Å²) in [5.74, 6) is -2.44. The molecule has 3 atom stereocenters. The lowest BCUT2D eigenvalue weighted by Gasteiger charge is -2.30. The maximum Gasteiger partial charge on any atom is 0.350 e. The first-order valence-corrected chi connectivity index (χ1v) is 12.2. The van der Waals surface area contributed by atoms with E-state index in [1.165, 1.54) is 35.2 Å². The Morgan fingerprint density at radius 1 is 1.18 bits per heavy atom. The summed E-state index contributed by atoms with van der Waals surface area (Å²) in [5.41, 5.74) is 4.43. The fourth-order valence-corrected chi connectivity index (χ4v) is 4.34. The maximum atomic E-state index is 15.1. The van der Waals surface area contributed by atoms with Gasteiger partial charge in [0.05, 0.1) is 32.3 Å². The number of benzene rings is 1. The number of carbonyl (C=O) groups is 2. The number of nitrogen functional groups attached to an aromatic ring is 1. The Labute approximate surface area is 221 Å². The number of nitrogens with zero attached hydrogens (tertiary/aromatic N) is 4. The van der Waals surface area contributed by atoms with Gasteiger partial charge in [-0.15, -0.1) is 0 Å². The molecule has 204 valence electrons. The molecular weight excluding hydrogens is 528 g/mol. The second-order valence-corrected chi connectivity index (χ2v) is 8.82. The highest BCUT2D eigenvalue weighted by molar-refractivity contribution is 6.28. The van der Waals surface area contributed by atoms with E-state index >= 15 is 4.39 Å². The Balaban J connectivity index is 1.58. The number of halogens is 3. The summed E-state index contributed by atoms with van der Waals surface area (Å²) in [5, 5.41) is -0.139. The van der Waals surface area contributed by atoms with Gasteiger partial charge in [0.2, 0.25) is 5.28 Å². The zero-order valence-electron chi connectivity index (χ0n) is 20.6. The molecule has 3 aromatic rings. The molecule has 0 spiro atoms. The van der Waals surface area contributed by atoms with E-state index in [4.69, 9.17) is 36.3 Å². The van der Waals surface area contributed by atoms with Crippen molar-refractivity contribution in [1.29, 1.82) is 0 Å². The standard InChI is InChI=1S/C24H26ClF2N5O6/c1-3-35-21(33)24(22(34)36-4-2,10-13-5-7-14(26)8-6-13)37-11-15-9-16(27)20(38-15)32-12-29-17-18(28)30-23(25)31-19(17)32/h5-8,12,15-16,20H,3-4,9-11H2,1-2H3,(H2,28,30,31). The molecule has 38 heavy (non-hydrogen) atoms. The minimum Gasteiger partial charge on any atom is -0.463 e. The van der Waals surface area contributed by atoms with Crippen LogP contribution in [-0.2, 0) is 35.0 Å². The van der Waals surface area contributed by atoms with Gasteiger partial charge < -0.3 is 24.7 Å². The molecule has 14 heteroatoms. The molecule has 1 aliphatic heterocycles. The van der Waals surface area contributed by atoms with Crippen LogP contribution in [0, 0.1) is 5.82 Å². The zero-order chi connectivity index (χ0) is 27.4. The summed E-state index contributed by atoms with van der Waals surface area (Å²) >= 11 is 5.90. The molecule has 3 unspecified atom stereocenters. The van der Waals surface area contributed by atoms with Gasteiger partial charge >= 0.3 is 11.9 Å². The number of hydrogen-bond acceptors (Lipinski definition) is 10. The summed E-state index contributed by atoms with van der Waals surface area (Å²) in [4.78, 5) is 38.2. The second-order valence-electron chi connectivity index (χ2n) is 8.48. The molecule has 4 rings (SSSR count). The summed E-state index contributed by atoms with van der Waals surface area (Å²) in [6.07, 6.45) is -2.68. The fourth-order valence-electron chi connectivity index (χ4n) is 4.17. The van der Waals surface area contributed by atoms with Crippen molar-refractivity contribution in [1.82, 2.24) is 19.5 Å². The Bertz CT molecular complexity index is 1290. The van der Waals surface area contributed by atoms with Crippen LogP contribution >= 0.6 is 11.6 Å². The van der Waals surface area contributed by atoms with Gasteiger partial charge in [-0.3, -0.25) is 4.57 Å². The summed E-state index contributed by atoms with van der Waals surface area (Å²) in [7, 11) is 0. The van der Waals surface area contributed by atoms with E-state index in [0.717, 1.165) is 0 Å². The molecule has 11 nitrogen and oxygen atoms in total. The lowest BCUT2D eigenvalue weighted by molar-refractivity contribution is -0.195. The number of fused-ring (bicyclic) bond motifs is 1. The van der Waals surface area contributed by atoms with Crippen LogP contribution < -0.4 is 5.73 Å². The van der Waals surface area contributed by atoms with Crippen molar-refractivity contribution in [3.8, 4) is 0 Å². The first-order valence-electron chi connectivity index (χ1n) is 11.9. The van der Waals surface area contributed by atoms with Gasteiger partial charge in [-0.1, -0.05) is 12.1 Å². The molecule has 3 heterocycles. The predicted molar refractivity (Wildman–Crippen MR) is 130 cm³/mol. The molecule has 1 aliphatic rings. The van der Waals surface area contributed by atoms with Gasteiger partial charge in [0.1, 0.15) is 17.5 Å². The van der Waals surface area contributed by atoms with Crippen molar-refractivity contribution < 1.29 is 37.3 Å². The quantitative estimate of drug-likeness (QED) is 0.226. The zero-order valence-corrected chi connectivity index (χ0v) is 21.4. The number of carbonyl (C=O) groups excluding carboxylic acids is 2. The van der Waals surface area contributed by atoms with Crippen molar-refractivity contribution in [3.63, 3.8) is 0 Å². The Morgan fingerprint density at radius 3 is 2.47 bits per heavy atom. The van der Waals surface area contributed by atoms with Gasteiger partial charge in [-0.2, -0.15) is 9.97 Å². The van der Waals surface area contributed by atoms with Gasteiger partial charge in [-0.25, -0.2) is 23.4 Å². The van der Waals surface area contributed by atoms with Crippen molar-refractivity contribution in [2.24, 2.45) is 0 Å². The molecule has 2 N–H and O–H groups in total. The molecule has 0 saturated carbocycles. The molecule has 1 aromatic carbocycles. The van der Waals surface area contributed by atoms with Crippen LogP contribution in [0.15, 0.2) is 30.6 Å². The number of anilines is 1. The van der Waals surface area contributed by atoms with E-state index < -0.39 is 41.9 Å². The molecule has 0 aliphatic carbocycles. The molecule has 0 bridgehead atoms. The van der Waals surface area contributed by atoms with E-state index in [-0.39, 0.29) is 54.9 Å². The van der Waals surface area contributed by atoms with E-state index in [9.17, 15) is 14.0 Å². The Hall–Kier alpha value is -3.42. The first kappa shape index (κ1) is 27.6. The van der Waals surface area contributed by atoms with Crippen LogP contribution in [0.5, 0.6) is 0 Å². The number of alkyl halides is 1. The number of ether oxygens (including phenoxy) is 4. The van der Waals surface area contributed by atoms with Crippen molar-refractivity contribution >= 4 is 40.5 Å². The second kappa shape index (κ2) is 11.5. The summed E-state index contributed by atoms with van der Waals surface area (Å²) < 4.78 is 52.0. The van der Waals surface area contributed by atoms with Gasteiger partial charge in [0, 0.05) is 12.8 Å². The highest BCUT2D eigenvalue weighted by Gasteiger charge is 2.52. The molecule has 1 saturated heterocycles. The summed E-state index contributed by atoms with van der Waals surface area (Å²) in [6.45, 7) is 2.70. The van der Waals surface area contributed by atoms with Crippen LogP contribution in [0.2, 0.25) is 5.28 Å². The van der Waals surface area contributed by atoms with Crippen molar-refractivity contribution in [2.75, 3.05) is 25.6 Å². The van der Waals surface area contributed by atoms with E-state index in [1.807, 2.05) is 0 Å². The molecular formula is C24H26ClF2N5O6. The van der Waals surface area contributed by atoms with Crippen LogP contribution in [0.1, 0.15) is 32.1 Å². The van der Waals surface area contributed by atoms with Crippen LogP contribution in [-0.4, -0.2) is 69.2 Å². The van der Waals surface area contributed by atoms with Gasteiger partial charge in [-0.05, 0) is 43.1 Å². The maximum absolute atomic E-state index is 15.1. The number of nitrogens with two attached hydrogens (primary N) is 1. The smallest absolute Gasteiger partial charge is 0.350 e. The predicted octanol–water partition coefficient (Wildman–Crippen LogP) is 2.95. The van der Waals surface area contributed by atoms with Crippen LogP contribution in [0.25, 0.3) is 11.2 Å². The largest absolute Gasteiger partial charge is 0.463 e. The topological polar surface area (TPSA) is 141 Å². The number of rotatable bonds is 10. The summed E-state index contributed by atoms with van der Waals surface area (Å²) in [6, 6.07) is 5.20. The van der Waals surface area contributed by atoms with Crippen molar-refractivity contribution in [3.05, 3.63) is 47.3 Å². The highest BCUT2D eigenvalue weighted by atomic mass is 35.5. The molecule has 0 amide bonds. The average Bonchev–Trinajstić information content (AvgIpc) is 3.46. The molecule has 1 fully saturated rings. The average molecular weight is 554 g/mol. The lowest BCUT2D eigenvalue weighted by Crippen LogP contribution is -2.54. The van der Waals surface area contributed by atoms with Crippen LogP contribution in [0.3, 0.4) is 0 Å². The van der Waals surface area contributed by atoms with Gasteiger partial charge in [0.25, 0.3) is 5.60 Å². The van der Waals surface area contributed by atoms with Gasteiger partial charge in [0.15, 0.2) is 17.7 Å². The van der Waals surface area contributed by atoms with Crippen molar-refractivity contribution in [2.45, 2.75) is 50.8 Å². The normalized spacial score (nSPS) is 19.6. The fraction of sp³-hybridized carbons (Fsp3) is 0.458. The van der Waals surface area contributed by atoms with Crippen LogP contribution in [0.4, 0.5) is 14.6 Å². The first-order chi connectivity index (χ1) is 18.2. The third-order valence-electron chi connectivity index (χ3n) is 5.92. The minimum atomic E-state index is -2.23. The third kappa shape index (κ3) is 5.54. The lowest BCUT2D eigenvalue weighted by atomic mass is 9.93. The Kier molecular flexibility index (Phi) is 8.38. The number of esters is 2.